The molecule has 1 heterocycles. The molecule has 0 fully saturated rings. The van der Waals surface area contributed by atoms with Crippen molar-refractivity contribution in [3.63, 3.8) is 0 Å². The highest BCUT2D eigenvalue weighted by atomic mass is 32.1. The highest BCUT2D eigenvalue weighted by Crippen LogP contribution is 2.32. The molecular formula is C12H17N3O2S. The summed E-state index contributed by atoms with van der Waals surface area (Å²) in [6, 6.07) is 2.16. The summed E-state index contributed by atoms with van der Waals surface area (Å²) in [6.45, 7) is -0.0998. The van der Waals surface area contributed by atoms with E-state index in [1.165, 1.54) is 10.4 Å². The van der Waals surface area contributed by atoms with Crippen molar-refractivity contribution in [2.75, 3.05) is 13.1 Å². The number of fused-ring (bicyclic) bond motifs is 1. The van der Waals surface area contributed by atoms with Gasteiger partial charge in [-0.05, 0) is 36.3 Å². The summed E-state index contributed by atoms with van der Waals surface area (Å²) >= 11 is 1.74. The summed E-state index contributed by atoms with van der Waals surface area (Å²) in [7, 11) is 0. The van der Waals surface area contributed by atoms with Crippen molar-refractivity contribution in [1.29, 1.82) is 0 Å². The van der Waals surface area contributed by atoms with E-state index in [9.17, 15) is 9.59 Å². The van der Waals surface area contributed by atoms with Gasteiger partial charge in [-0.25, -0.2) is 0 Å². The number of carbonyl (C=O) groups excluding carboxylic acids is 2. The third-order valence-electron chi connectivity index (χ3n) is 3.02. The van der Waals surface area contributed by atoms with E-state index in [-0.39, 0.29) is 30.9 Å². The molecule has 18 heavy (non-hydrogen) atoms. The second-order valence-corrected chi connectivity index (χ2v) is 5.29. The van der Waals surface area contributed by atoms with Crippen LogP contribution in [0.5, 0.6) is 0 Å². The Labute approximate surface area is 110 Å². The maximum atomic E-state index is 11.7. The zero-order chi connectivity index (χ0) is 13.0. The lowest BCUT2D eigenvalue weighted by Crippen LogP contribution is -2.41. The third-order valence-corrected chi connectivity index (χ3v) is 4.02. The van der Waals surface area contributed by atoms with Crippen molar-refractivity contribution >= 4 is 23.2 Å². The Morgan fingerprint density at radius 2 is 2.28 bits per heavy atom. The van der Waals surface area contributed by atoms with Crippen LogP contribution in [0.2, 0.25) is 0 Å². The normalized spacial score (nSPS) is 17.9. The van der Waals surface area contributed by atoms with Crippen molar-refractivity contribution < 1.29 is 9.59 Å². The zero-order valence-electron chi connectivity index (χ0n) is 10.1. The molecule has 1 unspecified atom stereocenters. The summed E-state index contributed by atoms with van der Waals surface area (Å²) in [6.07, 6.45) is 3.15. The number of nitrogens with two attached hydrogens (primary N) is 1. The predicted octanol–water partition coefficient (Wildman–Crippen LogP) is 0.317. The Morgan fingerprint density at radius 3 is 3.06 bits per heavy atom. The van der Waals surface area contributed by atoms with Crippen molar-refractivity contribution in [3.05, 3.63) is 21.9 Å². The first-order valence-electron chi connectivity index (χ1n) is 6.03. The van der Waals surface area contributed by atoms with Crippen LogP contribution in [0.4, 0.5) is 0 Å². The Kier molecular flexibility index (Phi) is 4.33. The first-order valence-corrected chi connectivity index (χ1v) is 6.91. The van der Waals surface area contributed by atoms with E-state index in [1.54, 1.807) is 11.3 Å². The van der Waals surface area contributed by atoms with Crippen LogP contribution < -0.4 is 16.4 Å². The van der Waals surface area contributed by atoms with Gasteiger partial charge in [-0.3, -0.25) is 9.59 Å². The van der Waals surface area contributed by atoms with Crippen LogP contribution in [-0.2, 0) is 16.0 Å². The average molecular weight is 267 g/mol. The maximum absolute atomic E-state index is 11.7. The number of aryl methyl sites for hydroxylation is 1. The Morgan fingerprint density at radius 1 is 1.44 bits per heavy atom. The van der Waals surface area contributed by atoms with Gasteiger partial charge in [-0.2, -0.15) is 0 Å². The molecule has 1 aromatic heterocycles. The van der Waals surface area contributed by atoms with E-state index < -0.39 is 0 Å². The molecule has 4 N–H and O–H groups in total. The maximum Gasteiger partial charge on any atom is 0.239 e. The number of carbonyl (C=O) groups is 2. The number of amides is 2. The topological polar surface area (TPSA) is 84.2 Å². The van der Waals surface area contributed by atoms with Crippen molar-refractivity contribution in [2.45, 2.75) is 25.3 Å². The fourth-order valence-electron chi connectivity index (χ4n) is 2.13. The second-order valence-electron chi connectivity index (χ2n) is 4.29. The number of rotatable bonds is 4. The lowest BCUT2D eigenvalue weighted by atomic mass is 9.94. The lowest BCUT2D eigenvalue weighted by Gasteiger charge is -2.23. The van der Waals surface area contributed by atoms with Crippen LogP contribution in [0.1, 0.15) is 29.3 Å². The van der Waals surface area contributed by atoms with E-state index in [0.29, 0.717) is 0 Å². The van der Waals surface area contributed by atoms with Crippen molar-refractivity contribution in [1.82, 2.24) is 10.6 Å². The zero-order valence-corrected chi connectivity index (χ0v) is 10.9. The minimum atomic E-state index is -0.315. The van der Waals surface area contributed by atoms with Gasteiger partial charge in [-0.1, -0.05) is 0 Å². The third kappa shape index (κ3) is 3.08. The Bertz CT molecular complexity index is 444. The number of nitrogens with one attached hydrogen (secondary N) is 2. The fraction of sp³-hybridized carbons (Fsp3) is 0.500. The largest absolute Gasteiger partial charge is 0.348 e. The van der Waals surface area contributed by atoms with E-state index in [4.69, 9.17) is 5.73 Å². The molecule has 0 bridgehead atoms. The predicted molar refractivity (Wildman–Crippen MR) is 70.2 cm³/mol. The summed E-state index contributed by atoms with van der Waals surface area (Å²) < 4.78 is 0. The molecule has 1 aromatic rings. The molecule has 2 rings (SSSR count). The molecule has 98 valence electrons. The molecule has 0 spiro atoms. The van der Waals surface area contributed by atoms with E-state index >= 15 is 0 Å². The SMILES string of the molecule is NCC(=O)NCC(=O)NC1CCCc2sccc21. The molecule has 0 aliphatic heterocycles. The average Bonchev–Trinajstić information content (AvgIpc) is 2.85. The monoisotopic (exact) mass is 267 g/mol. The molecule has 1 aliphatic carbocycles. The minimum Gasteiger partial charge on any atom is -0.348 e. The number of hydrogen-bond acceptors (Lipinski definition) is 4. The standard InChI is InChI=1S/C12H17N3O2S/c13-6-11(16)14-7-12(17)15-9-2-1-3-10-8(9)4-5-18-10/h4-5,9H,1-3,6-7,13H2,(H,14,16)(H,15,17). The molecule has 0 saturated heterocycles. The fourth-order valence-corrected chi connectivity index (χ4v) is 3.12. The van der Waals surface area contributed by atoms with E-state index in [1.807, 2.05) is 0 Å². The molecule has 1 atom stereocenters. The first-order chi connectivity index (χ1) is 8.70. The van der Waals surface area contributed by atoms with Gasteiger partial charge in [0.15, 0.2) is 0 Å². The van der Waals surface area contributed by atoms with Gasteiger partial charge >= 0.3 is 0 Å². The highest BCUT2D eigenvalue weighted by molar-refractivity contribution is 7.10. The van der Waals surface area contributed by atoms with E-state index in [0.717, 1.165) is 19.3 Å². The van der Waals surface area contributed by atoms with Gasteiger partial charge in [0.25, 0.3) is 0 Å². The molecule has 0 aromatic carbocycles. The van der Waals surface area contributed by atoms with Gasteiger partial charge in [0.1, 0.15) is 0 Å². The Hall–Kier alpha value is -1.40. The van der Waals surface area contributed by atoms with Crippen LogP contribution in [0.3, 0.4) is 0 Å². The molecule has 2 amide bonds. The first kappa shape index (κ1) is 13.0. The quantitative estimate of drug-likeness (QED) is 0.734. The van der Waals surface area contributed by atoms with Crippen molar-refractivity contribution in [3.8, 4) is 0 Å². The van der Waals surface area contributed by atoms with Gasteiger partial charge in [0, 0.05) is 4.88 Å². The molecule has 1 aliphatic rings. The smallest absolute Gasteiger partial charge is 0.239 e. The summed E-state index contributed by atoms with van der Waals surface area (Å²) in [5, 5.41) is 7.48. The molecule has 5 nitrogen and oxygen atoms in total. The van der Waals surface area contributed by atoms with Crippen LogP contribution in [0.25, 0.3) is 0 Å². The second kappa shape index (κ2) is 5.97. The summed E-state index contributed by atoms with van der Waals surface area (Å²) in [5.41, 5.74) is 6.38. The molecule has 6 heteroatoms. The summed E-state index contributed by atoms with van der Waals surface area (Å²) in [4.78, 5) is 24.0. The molecule has 0 radical (unpaired) electrons. The van der Waals surface area contributed by atoms with E-state index in [2.05, 4.69) is 22.1 Å². The molecular weight excluding hydrogens is 250 g/mol. The number of thiophene rings is 1. The van der Waals surface area contributed by atoms with Crippen molar-refractivity contribution in [2.24, 2.45) is 5.73 Å². The van der Waals surface area contributed by atoms with Crippen LogP contribution in [0, 0.1) is 0 Å². The van der Waals surface area contributed by atoms with Gasteiger partial charge in [-0.15, -0.1) is 11.3 Å². The van der Waals surface area contributed by atoms with Gasteiger partial charge in [0.2, 0.25) is 11.8 Å². The molecule has 0 saturated carbocycles. The minimum absolute atomic E-state index is 0.00793. The van der Waals surface area contributed by atoms with Crippen LogP contribution in [-0.4, -0.2) is 24.9 Å². The summed E-state index contributed by atoms with van der Waals surface area (Å²) in [5.74, 6) is -0.481. The lowest BCUT2D eigenvalue weighted by molar-refractivity contribution is -0.125. The van der Waals surface area contributed by atoms with Gasteiger partial charge in [0.05, 0.1) is 19.1 Å². The number of hydrogen-bond donors (Lipinski definition) is 3. The Balaban J connectivity index is 1.87. The van der Waals surface area contributed by atoms with Crippen LogP contribution >= 0.6 is 11.3 Å². The highest BCUT2D eigenvalue weighted by Gasteiger charge is 2.22. The van der Waals surface area contributed by atoms with Crippen LogP contribution in [0.15, 0.2) is 11.4 Å². The van der Waals surface area contributed by atoms with Gasteiger partial charge < -0.3 is 16.4 Å².